The Bertz CT molecular complexity index is 688. The summed E-state index contributed by atoms with van der Waals surface area (Å²) < 4.78 is 40.5. The van der Waals surface area contributed by atoms with Crippen LogP contribution in [0.15, 0.2) is 18.3 Å². The minimum Gasteiger partial charge on any atom is -0.347 e. The van der Waals surface area contributed by atoms with E-state index in [1.54, 1.807) is 13.8 Å². The van der Waals surface area contributed by atoms with Crippen LogP contribution in [0, 0.1) is 0 Å². The molecule has 2 aromatic rings. The van der Waals surface area contributed by atoms with Crippen molar-refractivity contribution in [3.63, 3.8) is 0 Å². The highest BCUT2D eigenvalue weighted by Crippen LogP contribution is 2.33. The van der Waals surface area contributed by atoms with Crippen molar-refractivity contribution in [2.24, 2.45) is 0 Å². The van der Waals surface area contributed by atoms with Gasteiger partial charge in [-0.3, -0.25) is 9.48 Å². The predicted octanol–water partition coefficient (Wildman–Crippen LogP) is 4.04. The van der Waals surface area contributed by atoms with E-state index in [-0.39, 0.29) is 6.54 Å². The molecule has 0 atom stereocenters. The average Bonchev–Trinajstić information content (AvgIpc) is 3.10. The molecule has 4 nitrogen and oxygen atoms in total. The first kappa shape index (κ1) is 17.5. The zero-order valence-electron chi connectivity index (χ0n) is 13.1. The molecule has 0 unspecified atom stereocenters. The minimum atomic E-state index is -4.63. The third kappa shape index (κ3) is 3.93. The second-order valence-electron chi connectivity index (χ2n) is 5.35. The van der Waals surface area contributed by atoms with Gasteiger partial charge in [-0.05, 0) is 32.4 Å². The van der Waals surface area contributed by atoms with Gasteiger partial charge in [-0.2, -0.15) is 18.3 Å². The second-order valence-corrected chi connectivity index (χ2v) is 6.60. The van der Waals surface area contributed by atoms with Crippen molar-refractivity contribution in [3.8, 4) is 0 Å². The highest BCUT2D eigenvalue weighted by Gasteiger charge is 2.40. The topological polar surface area (TPSA) is 46.9 Å². The van der Waals surface area contributed by atoms with Crippen molar-refractivity contribution in [1.82, 2.24) is 15.1 Å². The van der Waals surface area contributed by atoms with Crippen LogP contribution in [0.4, 0.5) is 13.2 Å². The van der Waals surface area contributed by atoms with Crippen LogP contribution in [-0.4, -0.2) is 15.7 Å². The van der Waals surface area contributed by atoms with Gasteiger partial charge >= 0.3 is 6.18 Å². The number of carbonyl (C=O) groups excluding carboxylic acids is 1. The number of alkyl halides is 3. The molecule has 2 rings (SSSR count). The molecule has 0 radical (unpaired) electrons. The fraction of sp³-hybridized carbons (Fsp3) is 0.467. The van der Waals surface area contributed by atoms with Crippen molar-refractivity contribution >= 4 is 17.2 Å². The van der Waals surface area contributed by atoms with E-state index < -0.39 is 29.4 Å². The molecule has 0 aliphatic rings. The van der Waals surface area contributed by atoms with Crippen LogP contribution < -0.4 is 5.32 Å². The lowest BCUT2D eigenvalue weighted by atomic mass is 10.2. The molecule has 0 fully saturated rings. The molecule has 0 saturated heterocycles. The first-order chi connectivity index (χ1) is 10.7. The molecule has 0 aliphatic carbocycles. The van der Waals surface area contributed by atoms with Gasteiger partial charge < -0.3 is 5.32 Å². The van der Waals surface area contributed by atoms with Gasteiger partial charge in [0.2, 0.25) is 0 Å². The second kappa shape index (κ2) is 6.74. The minimum absolute atomic E-state index is 0.202. The van der Waals surface area contributed by atoms with Crippen molar-refractivity contribution in [2.45, 2.75) is 46.0 Å². The van der Waals surface area contributed by atoms with Gasteiger partial charge in [-0.25, -0.2) is 0 Å². The Morgan fingerprint density at radius 1 is 1.35 bits per heavy atom. The van der Waals surface area contributed by atoms with E-state index in [2.05, 4.69) is 10.4 Å². The van der Waals surface area contributed by atoms with Crippen LogP contribution in [-0.2, 0) is 19.1 Å². The number of hydrogen-bond acceptors (Lipinski definition) is 3. The molecule has 0 aliphatic heterocycles. The standard InChI is InChI=1S/C15H18F3N3OS/c1-4-10-5-6-11(23-10)7-19-14(22)12-8-20-21(9(2)3)13(12)15(16,17)18/h5-6,8-9H,4,7H2,1-3H3,(H,19,22). The van der Waals surface area contributed by atoms with Gasteiger partial charge in [-0.1, -0.05) is 6.92 Å². The van der Waals surface area contributed by atoms with Gasteiger partial charge in [0.15, 0.2) is 5.69 Å². The molecule has 0 saturated carbocycles. The number of nitrogens with one attached hydrogen (secondary N) is 1. The summed E-state index contributed by atoms with van der Waals surface area (Å²) in [7, 11) is 0. The predicted molar refractivity (Wildman–Crippen MR) is 82.5 cm³/mol. The number of carbonyl (C=O) groups is 1. The molecule has 8 heteroatoms. The fourth-order valence-corrected chi connectivity index (χ4v) is 3.07. The van der Waals surface area contributed by atoms with Crippen molar-refractivity contribution in [1.29, 1.82) is 0 Å². The van der Waals surface area contributed by atoms with Crippen LogP contribution in [0.2, 0.25) is 0 Å². The lowest BCUT2D eigenvalue weighted by Crippen LogP contribution is -2.26. The van der Waals surface area contributed by atoms with Gasteiger partial charge in [0.05, 0.1) is 18.3 Å². The summed E-state index contributed by atoms with van der Waals surface area (Å²) in [5.74, 6) is -0.768. The Morgan fingerprint density at radius 2 is 2.00 bits per heavy atom. The van der Waals surface area contributed by atoms with E-state index in [9.17, 15) is 18.0 Å². The molecule has 2 aromatic heterocycles. The SMILES string of the molecule is CCc1ccc(CNC(=O)c2cnn(C(C)C)c2C(F)(F)F)s1. The van der Waals surface area contributed by atoms with Gasteiger partial charge in [-0.15, -0.1) is 11.3 Å². The number of rotatable bonds is 5. The fourth-order valence-electron chi connectivity index (χ4n) is 2.17. The van der Waals surface area contributed by atoms with Crippen LogP contribution >= 0.6 is 11.3 Å². The van der Waals surface area contributed by atoms with Crippen molar-refractivity contribution in [3.05, 3.63) is 39.3 Å². The average molecular weight is 345 g/mol. The third-order valence-electron chi connectivity index (χ3n) is 3.29. The van der Waals surface area contributed by atoms with Crippen LogP contribution in [0.1, 0.15) is 52.6 Å². The smallest absolute Gasteiger partial charge is 0.347 e. The quantitative estimate of drug-likeness (QED) is 0.889. The number of amides is 1. The normalized spacial score (nSPS) is 12.0. The molecule has 1 amide bonds. The Labute approximate surface area is 136 Å². The van der Waals surface area contributed by atoms with E-state index in [4.69, 9.17) is 0 Å². The van der Waals surface area contributed by atoms with E-state index in [1.165, 1.54) is 11.3 Å². The summed E-state index contributed by atoms with van der Waals surface area (Å²) >= 11 is 1.53. The van der Waals surface area contributed by atoms with E-state index in [0.717, 1.165) is 27.1 Å². The Balaban J connectivity index is 2.19. The van der Waals surface area contributed by atoms with Gasteiger partial charge in [0.1, 0.15) is 0 Å². The lowest BCUT2D eigenvalue weighted by Gasteiger charge is -2.15. The Kier molecular flexibility index (Phi) is 5.13. The summed E-state index contributed by atoms with van der Waals surface area (Å²) in [6.07, 6.45) is -2.77. The third-order valence-corrected chi connectivity index (χ3v) is 4.52. The number of nitrogens with zero attached hydrogens (tertiary/aromatic N) is 2. The highest BCUT2D eigenvalue weighted by atomic mass is 32.1. The maximum Gasteiger partial charge on any atom is 0.433 e. The largest absolute Gasteiger partial charge is 0.433 e. The van der Waals surface area contributed by atoms with Gasteiger partial charge in [0.25, 0.3) is 5.91 Å². The molecule has 23 heavy (non-hydrogen) atoms. The molecule has 126 valence electrons. The number of aryl methyl sites for hydroxylation is 1. The lowest BCUT2D eigenvalue weighted by molar-refractivity contribution is -0.145. The zero-order chi connectivity index (χ0) is 17.2. The number of thiophene rings is 1. The molecule has 0 bridgehead atoms. The van der Waals surface area contributed by atoms with Crippen molar-refractivity contribution in [2.75, 3.05) is 0 Å². The highest BCUT2D eigenvalue weighted by molar-refractivity contribution is 7.11. The first-order valence-electron chi connectivity index (χ1n) is 7.24. The molecule has 0 aromatic carbocycles. The summed E-state index contributed by atoms with van der Waals surface area (Å²) in [5.41, 5.74) is -1.45. The monoisotopic (exact) mass is 345 g/mol. The Morgan fingerprint density at radius 3 is 2.52 bits per heavy atom. The number of aromatic nitrogens is 2. The summed E-state index contributed by atoms with van der Waals surface area (Å²) in [4.78, 5) is 14.2. The van der Waals surface area contributed by atoms with Crippen LogP contribution in [0.25, 0.3) is 0 Å². The number of hydrogen-bond donors (Lipinski definition) is 1. The first-order valence-corrected chi connectivity index (χ1v) is 8.06. The maximum absolute atomic E-state index is 13.2. The molecular formula is C15H18F3N3OS. The summed E-state index contributed by atoms with van der Waals surface area (Å²) in [6, 6.07) is 3.33. The van der Waals surface area contributed by atoms with Crippen LogP contribution in [0.3, 0.4) is 0 Å². The van der Waals surface area contributed by atoms with Crippen LogP contribution in [0.5, 0.6) is 0 Å². The summed E-state index contributed by atoms with van der Waals surface area (Å²) in [6.45, 7) is 5.39. The molecule has 0 spiro atoms. The molecule has 1 N–H and O–H groups in total. The number of halogens is 3. The van der Waals surface area contributed by atoms with E-state index >= 15 is 0 Å². The molecular weight excluding hydrogens is 327 g/mol. The van der Waals surface area contributed by atoms with Gasteiger partial charge in [0, 0.05) is 15.8 Å². The Hall–Kier alpha value is -1.83. The van der Waals surface area contributed by atoms with Crippen molar-refractivity contribution < 1.29 is 18.0 Å². The van der Waals surface area contributed by atoms with E-state index in [1.807, 2.05) is 19.1 Å². The van der Waals surface area contributed by atoms with E-state index in [0.29, 0.717) is 0 Å². The molecule has 2 heterocycles. The zero-order valence-corrected chi connectivity index (χ0v) is 13.9. The summed E-state index contributed by atoms with van der Waals surface area (Å²) in [5, 5.41) is 6.25. The maximum atomic E-state index is 13.2.